The van der Waals surface area contributed by atoms with Gasteiger partial charge in [0.2, 0.25) is 0 Å². The fraction of sp³-hybridized carbons (Fsp3) is 0.364. The van der Waals surface area contributed by atoms with Crippen molar-refractivity contribution < 1.29 is 9.59 Å². The topological polar surface area (TPSA) is 64.7 Å². The zero-order chi connectivity index (χ0) is 20.3. The lowest BCUT2D eigenvalue weighted by Gasteiger charge is -2.22. The minimum atomic E-state index is -0.330. The van der Waals surface area contributed by atoms with Gasteiger partial charge in [0, 0.05) is 44.2 Å². The summed E-state index contributed by atoms with van der Waals surface area (Å²) in [7, 11) is 3.83. The van der Waals surface area contributed by atoms with Crippen molar-refractivity contribution in [2.45, 2.75) is 26.7 Å². The summed E-state index contributed by atoms with van der Waals surface area (Å²) in [5, 5.41) is 5.72. The van der Waals surface area contributed by atoms with Crippen LogP contribution in [0.4, 0.5) is 21.9 Å². The summed E-state index contributed by atoms with van der Waals surface area (Å²) in [6.45, 7) is 5.55. The third kappa shape index (κ3) is 4.44. The largest absolute Gasteiger partial charge is 0.377 e. The minimum Gasteiger partial charge on any atom is -0.377 e. The van der Waals surface area contributed by atoms with E-state index in [-0.39, 0.29) is 11.9 Å². The van der Waals surface area contributed by atoms with Crippen molar-refractivity contribution in [3.8, 4) is 0 Å². The Bertz CT molecular complexity index is 886. The zero-order valence-corrected chi connectivity index (χ0v) is 17.0. The normalized spacial score (nSPS) is 13.4. The molecule has 6 heteroatoms. The van der Waals surface area contributed by atoms with E-state index >= 15 is 0 Å². The molecule has 0 unspecified atom stereocenters. The van der Waals surface area contributed by atoms with E-state index in [4.69, 9.17) is 0 Å². The molecule has 3 amide bonds. The SMILES string of the molecule is Cc1ccc(NC(=O)Nc2ccc(N(C)C)c(C(=O)N3CCCC3)c2)c(C)c1. The number of urea groups is 1. The molecule has 28 heavy (non-hydrogen) atoms. The summed E-state index contributed by atoms with van der Waals surface area (Å²) >= 11 is 0. The summed E-state index contributed by atoms with van der Waals surface area (Å²) in [5.74, 6) is 0.0136. The summed E-state index contributed by atoms with van der Waals surface area (Å²) < 4.78 is 0. The Hall–Kier alpha value is -3.02. The molecule has 1 heterocycles. The van der Waals surface area contributed by atoms with E-state index in [1.165, 1.54) is 0 Å². The first-order valence-electron chi connectivity index (χ1n) is 9.61. The lowest BCUT2D eigenvalue weighted by Crippen LogP contribution is -2.29. The molecular weight excluding hydrogens is 352 g/mol. The Morgan fingerprint density at radius 2 is 1.68 bits per heavy atom. The molecule has 3 rings (SSSR count). The first-order valence-corrected chi connectivity index (χ1v) is 9.61. The number of nitrogens with one attached hydrogen (secondary N) is 2. The second-order valence-corrected chi connectivity index (χ2v) is 7.52. The number of benzene rings is 2. The van der Waals surface area contributed by atoms with Gasteiger partial charge in [-0.1, -0.05) is 17.7 Å². The van der Waals surface area contributed by atoms with Gasteiger partial charge in [-0.25, -0.2) is 4.79 Å². The lowest BCUT2D eigenvalue weighted by atomic mass is 10.1. The van der Waals surface area contributed by atoms with Gasteiger partial charge in [-0.15, -0.1) is 0 Å². The van der Waals surface area contributed by atoms with Gasteiger partial charge in [-0.2, -0.15) is 0 Å². The molecule has 148 valence electrons. The molecule has 1 aliphatic rings. The van der Waals surface area contributed by atoms with Crippen LogP contribution in [0.5, 0.6) is 0 Å². The molecule has 0 atom stereocenters. The molecule has 0 spiro atoms. The van der Waals surface area contributed by atoms with Crippen LogP contribution < -0.4 is 15.5 Å². The number of nitrogens with zero attached hydrogens (tertiary/aromatic N) is 2. The Morgan fingerprint density at radius 1 is 0.964 bits per heavy atom. The first kappa shape index (κ1) is 19.7. The number of carbonyl (C=O) groups is 2. The molecule has 0 radical (unpaired) electrons. The fourth-order valence-corrected chi connectivity index (χ4v) is 3.50. The van der Waals surface area contributed by atoms with Gasteiger partial charge in [-0.05, 0) is 56.5 Å². The average Bonchev–Trinajstić information content (AvgIpc) is 3.18. The molecule has 0 aliphatic carbocycles. The van der Waals surface area contributed by atoms with Crippen LogP contribution in [0.25, 0.3) is 0 Å². The third-order valence-electron chi connectivity index (χ3n) is 4.99. The fourth-order valence-electron chi connectivity index (χ4n) is 3.50. The van der Waals surface area contributed by atoms with E-state index in [2.05, 4.69) is 10.6 Å². The molecule has 1 aliphatic heterocycles. The Labute approximate surface area is 166 Å². The van der Waals surface area contributed by atoms with E-state index in [0.29, 0.717) is 11.3 Å². The predicted molar refractivity (Wildman–Crippen MR) is 114 cm³/mol. The van der Waals surface area contributed by atoms with Crippen LogP contribution in [0.1, 0.15) is 34.3 Å². The number of carbonyl (C=O) groups excluding carboxylic acids is 2. The summed E-state index contributed by atoms with van der Waals surface area (Å²) in [4.78, 5) is 29.2. The number of amides is 3. The maximum absolute atomic E-state index is 12.9. The van der Waals surface area contributed by atoms with Crippen LogP contribution in [0.2, 0.25) is 0 Å². The van der Waals surface area contributed by atoms with Crippen LogP contribution in [0.15, 0.2) is 36.4 Å². The summed E-state index contributed by atoms with van der Waals surface area (Å²) in [5.41, 5.74) is 4.96. The zero-order valence-electron chi connectivity index (χ0n) is 17.0. The van der Waals surface area contributed by atoms with Gasteiger partial charge in [0.15, 0.2) is 0 Å². The quantitative estimate of drug-likeness (QED) is 0.833. The summed E-state index contributed by atoms with van der Waals surface area (Å²) in [6, 6.07) is 11.0. The van der Waals surface area contributed by atoms with Crippen molar-refractivity contribution in [1.82, 2.24) is 4.90 Å². The molecule has 2 N–H and O–H groups in total. The van der Waals surface area contributed by atoms with Gasteiger partial charge in [0.05, 0.1) is 5.56 Å². The highest BCUT2D eigenvalue weighted by atomic mass is 16.2. The Kier molecular flexibility index (Phi) is 5.87. The van der Waals surface area contributed by atoms with E-state index < -0.39 is 0 Å². The Balaban J connectivity index is 1.79. The van der Waals surface area contributed by atoms with Crippen molar-refractivity contribution >= 4 is 29.0 Å². The van der Waals surface area contributed by atoms with Crippen molar-refractivity contribution in [2.75, 3.05) is 42.7 Å². The maximum Gasteiger partial charge on any atom is 0.323 e. The molecule has 1 saturated heterocycles. The first-order chi connectivity index (χ1) is 13.3. The van der Waals surface area contributed by atoms with Crippen LogP contribution >= 0.6 is 0 Å². The van der Waals surface area contributed by atoms with Crippen molar-refractivity contribution in [1.29, 1.82) is 0 Å². The van der Waals surface area contributed by atoms with Crippen LogP contribution in [0, 0.1) is 13.8 Å². The number of hydrogen-bond acceptors (Lipinski definition) is 3. The van der Waals surface area contributed by atoms with Crippen molar-refractivity contribution in [3.05, 3.63) is 53.1 Å². The number of aryl methyl sites for hydroxylation is 2. The molecule has 0 saturated carbocycles. The lowest BCUT2D eigenvalue weighted by molar-refractivity contribution is 0.0793. The monoisotopic (exact) mass is 380 g/mol. The van der Waals surface area contributed by atoms with E-state index in [1.807, 2.05) is 68.1 Å². The van der Waals surface area contributed by atoms with E-state index in [9.17, 15) is 9.59 Å². The van der Waals surface area contributed by atoms with Crippen LogP contribution in [-0.2, 0) is 0 Å². The number of hydrogen-bond donors (Lipinski definition) is 2. The maximum atomic E-state index is 12.9. The number of anilines is 3. The third-order valence-corrected chi connectivity index (χ3v) is 4.99. The Morgan fingerprint density at radius 3 is 2.32 bits per heavy atom. The number of rotatable bonds is 4. The number of likely N-dealkylation sites (tertiary alicyclic amines) is 1. The van der Waals surface area contributed by atoms with Gasteiger partial charge < -0.3 is 20.4 Å². The highest BCUT2D eigenvalue weighted by Gasteiger charge is 2.23. The molecule has 1 fully saturated rings. The predicted octanol–water partition coefficient (Wildman–Crippen LogP) is 4.25. The van der Waals surface area contributed by atoms with Gasteiger partial charge in [0.25, 0.3) is 5.91 Å². The smallest absolute Gasteiger partial charge is 0.323 e. The van der Waals surface area contributed by atoms with Gasteiger partial charge in [-0.3, -0.25) is 4.79 Å². The van der Waals surface area contributed by atoms with Crippen molar-refractivity contribution in [3.63, 3.8) is 0 Å². The van der Waals surface area contributed by atoms with Gasteiger partial charge in [0.1, 0.15) is 0 Å². The molecule has 2 aromatic rings. The highest BCUT2D eigenvalue weighted by molar-refractivity contribution is 6.04. The molecule has 2 aromatic carbocycles. The van der Waals surface area contributed by atoms with E-state index in [1.54, 1.807) is 6.07 Å². The molecule has 0 aromatic heterocycles. The highest BCUT2D eigenvalue weighted by Crippen LogP contribution is 2.26. The van der Waals surface area contributed by atoms with Crippen LogP contribution in [-0.4, -0.2) is 44.0 Å². The van der Waals surface area contributed by atoms with Crippen molar-refractivity contribution in [2.24, 2.45) is 0 Å². The van der Waals surface area contributed by atoms with Crippen LogP contribution in [0.3, 0.4) is 0 Å². The minimum absolute atomic E-state index is 0.0136. The molecular formula is C22H28N4O2. The standard InChI is InChI=1S/C22H28N4O2/c1-15-7-9-19(16(2)13-15)24-22(28)23-17-8-10-20(25(3)4)18(14-17)21(27)26-11-5-6-12-26/h7-10,13-14H,5-6,11-12H2,1-4H3,(H2,23,24,28). The second kappa shape index (κ2) is 8.33. The second-order valence-electron chi connectivity index (χ2n) is 7.52. The van der Waals surface area contributed by atoms with E-state index in [0.717, 1.165) is 48.4 Å². The summed E-state index contributed by atoms with van der Waals surface area (Å²) in [6.07, 6.45) is 2.08. The molecule has 0 bridgehead atoms. The molecule has 6 nitrogen and oxygen atoms in total. The van der Waals surface area contributed by atoms with Gasteiger partial charge >= 0.3 is 6.03 Å². The average molecular weight is 380 g/mol.